The molecule has 0 aliphatic carbocycles. The molecule has 8 heteroatoms. The van der Waals surface area contributed by atoms with Crippen molar-refractivity contribution in [2.24, 2.45) is 0 Å². The van der Waals surface area contributed by atoms with Crippen LogP contribution in [0.4, 0.5) is 0 Å². The highest BCUT2D eigenvalue weighted by molar-refractivity contribution is 7.81. The van der Waals surface area contributed by atoms with Gasteiger partial charge in [-0.25, -0.2) is 4.79 Å². The molecular formula is C9H12N2O5S. The molecule has 1 aromatic rings. The SMILES string of the molecule is O=c1ccn([C@H]2O[C@@H](CO)C(S)C2O)c(=O)[nH]1. The molecule has 17 heavy (non-hydrogen) atoms. The molecule has 2 unspecified atom stereocenters. The lowest BCUT2D eigenvalue weighted by molar-refractivity contribution is -0.0530. The van der Waals surface area contributed by atoms with Gasteiger partial charge in [0.25, 0.3) is 5.56 Å². The molecule has 7 nitrogen and oxygen atoms in total. The number of aliphatic hydroxyl groups excluding tert-OH is 2. The van der Waals surface area contributed by atoms with Crippen molar-refractivity contribution in [3.63, 3.8) is 0 Å². The number of nitrogens with zero attached hydrogens (tertiary/aromatic N) is 1. The molecule has 0 saturated carbocycles. The highest BCUT2D eigenvalue weighted by Gasteiger charge is 2.42. The smallest absolute Gasteiger partial charge is 0.330 e. The van der Waals surface area contributed by atoms with Crippen molar-refractivity contribution in [3.05, 3.63) is 33.1 Å². The molecule has 1 saturated heterocycles. The standard InChI is InChI=1S/C9H12N2O5S/c12-3-4-7(17)6(14)8(16-4)11-2-1-5(13)10-9(11)15/h1-2,4,6-8,12,14,17H,3H2,(H,10,13,15)/t4-,6?,7?,8-/m0/s1. The molecule has 0 radical (unpaired) electrons. The van der Waals surface area contributed by atoms with Crippen molar-refractivity contribution in [1.29, 1.82) is 0 Å². The first-order valence-corrected chi connectivity index (χ1v) is 5.50. The Hall–Kier alpha value is -1.09. The van der Waals surface area contributed by atoms with Gasteiger partial charge < -0.3 is 14.9 Å². The molecule has 1 fully saturated rings. The van der Waals surface area contributed by atoms with Gasteiger partial charge in [-0.15, -0.1) is 0 Å². The Labute approximate surface area is 101 Å². The molecule has 1 aromatic heterocycles. The van der Waals surface area contributed by atoms with E-state index in [0.717, 1.165) is 10.6 Å². The number of aromatic nitrogens is 2. The van der Waals surface area contributed by atoms with E-state index in [1.807, 2.05) is 0 Å². The minimum absolute atomic E-state index is 0.306. The number of thiol groups is 1. The second-order valence-electron chi connectivity index (χ2n) is 3.75. The normalized spacial score (nSPS) is 32.9. The van der Waals surface area contributed by atoms with Crippen molar-refractivity contribution in [2.45, 2.75) is 23.7 Å². The quantitative estimate of drug-likeness (QED) is 0.464. The maximum Gasteiger partial charge on any atom is 0.330 e. The van der Waals surface area contributed by atoms with Crippen LogP contribution in [0.5, 0.6) is 0 Å². The minimum Gasteiger partial charge on any atom is -0.394 e. The Kier molecular flexibility index (Phi) is 3.38. The molecule has 94 valence electrons. The van der Waals surface area contributed by atoms with Gasteiger partial charge >= 0.3 is 5.69 Å². The van der Waals surface area contributed by atoms with E-state index < -0.39 is 34.9 Å². The number of aliphatic hydroxyl groups is 2. The summed E-state index contributed by atoms with van der Waals surface area (Å²) >= 11 is 4.10. The number of hydrogen-bond acceptors (Lipinski definition) is 6. The predicted molar refractivity (Wildman–Crippen MR) is 61.1 cm³/mol. The minimum atomic E-state index is -1.04. The number of H-pyrrole nitrogens is 1. The summed E-state index contributed by atoms with van der Waals surface area (Å²) in [6, 6.07) is 1.15. The molecule has 0 bridgehead atoms. The second kappa shape index (κ2) is 4.65. The van der Waals surface area contributed by atoms with Gasteiger partial charge in [0.05, 0.1) is 18.0 Å². The van der Waals surface area contributed by atoms with Crippen LogP contribution in [0.25, 0.3) is 0 Å². The average Bonchev–Trinajstić information content (AvgIpc) is 2.57. The molecular weight excluding hydrogens is 248 g/mol. The van der Waals surface area contributed by atoms with E-state index in [1.165, 1.54) is 6.20 Å². The molecule has 0 aromatic carbocycles. The van der Waals surface area contributed by atoms with Gasteiger partial charge in [-0.3, -0.25) is 14.3 Å². The summed E-state index contributed by atoms with van der Waals surface area (Å²) in [5, 5.41) is 18.3. The van der Waals surface area contributed by atoms with E-state index in [2.05, 4.69) is 17.6 Å². The zero-order valence-electron chi connectivity index (χ0n) is 8.68. The Bertz CT molecular complexity index is 513. The zero-order valence-corrected chi connectivity index (χ0v) is 9.58. The van der Waals surface area contributed by atoms with Crippen LogP contribution in [0.2, 0.25) is 0 Å². The summed E-state index contributed by atoms with van der Waals surface area (Å²) in [6.07, 6.45) is -1.43. The maximum absolute atomic E-state index is 11.5. The Morgan fingerprint density at radius 1 is 1.53 bits per heavy atom. The Balaban J connectivity index is 2.35. The number of aromatic amines is 1. The molecule has 3 N–H and O–H groups in total. The van der Waals surface area contributed by atoms with Crippen LogP contribution in [0, 0.1) is 0 Å². The molecule has 2 heterocycles. The highest BCUT2D eigenvalue weighted by atomic mass is 32.1. The zero-order chi connectivity index (χ0) is 12.6. The predicted octanol–water partition coefficient (Wildman–Crippen LogP) is -1.91. The van der Waals surface area contributed by atoms with Gasteiger partial charge in [0, 0.05) is 12.3 Å². The number of nitrogens with one attached hydrogen (secondary N) is 1. The lowest BCUT2D eigenvalue weighted by atomic mass is 10.2. The Morgan fingerprint density at radius 3 is 2.76 bits per heavy atom. The van der Waals surface area contributed by atoms with Crippen molar-refractivity contribution >= 4 is 12.6 Å². The van der Waals surface area contributed by atoms with E-state index in [1.54, 1.807) is 0 Å². The summed E-state index contributed by atoms with van der Waals surface area (Å²) in [5.41, 5.74) is -1.21. The summed E-state index contributed by atoms with van der Waals surface area (Å²) in [5.74, 6) is 0. The first-order chi connectivity index (χ1) is 8.04. The van der Waals surface area contributed by atoms with Crippen LogP contribution < -0.4 is 11.2 Å². The number of hydrogen-bond donors (Lipinski definition) is 4. The lowest BCUT2D eigenvalue weighted by Gasteiger charge is -2.16. The van der Waals surface area contributed by atoms with Crippen molar-refractivity contribution < 1.29 is 14.9 Å². The van der Waals surface area contributed by atoms with Crippen LogP contribution in [0.15, 0.2) is 21.9 Å². The summed E-state index contributed by atoms with van der Waals surface area (Å²) in [4.78, 5) is 24.5. The largest absolute Gasteiger partial charge is 0.394 e. The van der Waals surface area contributed by atoms with Crippen LogP contribution in [-0.4, -0.2) is 43.8 Å². The third-order valence-electron chi connectivity index (χ3n) is 2.64. The summed E-state index contributed by atoms with van der Waals surface area (Å²) < 4.78 is 6.37. The molecule has 0 amide bonds. The highest BCUT2D eigenvalue weighted by Crippen LogP contribution is 2.31. The van der Waals surface area contributed by atoms with Gasteiger partial charge in [-0.1, -0.05) is 0 Å². The average molecular weight is 260 g/mol. The third-order valence-corrected chi connectivity index (χ3v) is 3.28. The monoisotopic (exact) mass is 260 g/mol. The molecule has 1 aliphatic rings. The fraction of sp³-hybridized carbons (Fsp3) is 0.556. The van der Waals surface area contributed by atoms with Crippen molar-refractivity contribution in [3.8, 4) is 0 Å². The second-order valence-corrected chi connectivity index (χ2v) is 4.34. The maximum atomic E-state index is 11.5. The first-order valence-electron chi connectivity index (χ1n) is 4.98. The Morgan fingerprint density at radius 2 is 2.24 bits per heavy atom. The fourth-order valence-electron chi connectivity index (χ4n) is 1.74. The van der Waals surface area contributed by atoms with E-state index in [0.29, 0.717) is 0 Å². The number of ether oxygens (including phenoxy) is 1. The molecule has 4 atom stereocenters. The van der Waals surface area contributed by atoms with Crippen LogP contribution in [0.1, 0.15) is 6.23 Å². The van der Waals surface area contributed by atoms with E-state index in [9.17, 15) is 14.7 Å². The molecule has 2 rings (SSSR count). The van der Waals surface area contributed by atoms with E-state index in [4.69, 9.17) is 9.84 Å². The van der Waals surface area contributed by atoms with Gasteiger partial charge in [-0.05, 0) is 0 Å². The van der Waals surface area contributed by atoms with Gasteiger partial charge in [0.15, 0.2) is 6.23 Å². The summed E-state index contributed by atoms with van der Waals surface area (Å²) in [6.45, 7) is -0.306. The van der Waals surface area contributed by atoms with E-state index in [-0.39, 0.29) is 6.61 Å². The van der Waals surface area contributed by atoms with Crippen LogP contribution in [-0.2, 0) is 4.74 Å². The first kappa shape index (κ1) is 12.4. The van der Waals surface area contributed by atoms with E-state index >= 15 is 0 Å². The molecule has 1 aliphatic heterocycles. The van der Waals surface area contributed by atoms with Gasteiger partial charge in [-0.2, -0.15) is 12.6 Å². The van der Waals surface area contributed by atoms with Crippen LogP contribution in [0.3, 0.4) is 0 Å². The topological polar surface area (TPSA) is 105 Å². The van der Waals surface area contributed by atoms with Crippen molar-refractivity contribution in [2.75, 3.05) is 6.61 Å². The summed E-state index contributed by atoms with van der Waals surface area (Å²) in [7, 11) is 0. The number of rotatable bonds is 2. The third kappa shape index (κ3) is 2.16. The van der Waals surface area contributed by atoms with Crippen LogP contribution >= 0.6 is 12.6 Å². The molecule has 0 spiro atoms. The fourth-order valence-corrected chi connectivity index (χ4v) is 2.05. The van der Waals surface area contributed by atoms with Gasteiger partial charge in [0.2, 0.25) is 0 Å². The lowest BCUT2D eigenvalue weighted by Crippen LogP contribution is -2.36. The van der Waals surface area contributed by atoms with Crippen molar-refractivity contribution in [1.82, 2.24) is 9.55 Å². The van der Waals surface area contributed by atoms with Gasteiger partial charge in [0.1, 0.15) is 6.10 Å².